The number of benzene rings is 1. The molecule has 4 atom stereocenters. The fourth-order valence-electron chi connectivity index (χ4n) is 6.94. The van der Waals surface area contributed by atoms with Crippen LogP contribution in [-0.2, 0) is 33.9 Å². The Morgan fingerprint density at radius 3 is 2.35 bits per heavy atom. The summed E-state index contributed by atoms with van der Waals surface area (Å²) < 4.78 is 5.72. The van der Waals surface area contributed by atoms with E-state index < -0.39 is 58.0 Å². The van der Waals surface area contributed by atoms with Gasteiger partial charge in [0.15, 0.2) is 11.4 Å². The van der Waals surface area contributed by atoms with Crippen molar-refractivity contribution in [2.45, 2.75) is 51.4 Å². The van der Waals surface area contributed by atoms with Crippen LogP contribution in [0.3, 0.4) is 0 Å². The highest BCUT2D eigenvalue weighted by Crippen LogP contribution is 2.54. The average Bonchev–Trinajstić information content (AvgIpc) is 3.23. The molecule has 12 heteroatoms. The van der Waals surface area contributed by atoms with Crippen molar-refractivity contribution in [3.63, 3.8) is 0 Å². The van der Waals surface area contributed by atoms with E-state index in [0.29, 0.717) is 17.7 Å². The average molecular weight is 595 g/mol. The summed E-state index contributed by atoms with van der Waals surface area (Å²) in [5.41, 5.74) is 4.57. The van der Waals surface area contributed by atoms with Crippen molar-refractivity contribution < 1.29 is 39.2 Å². The number of aromatic hydroxyl groups is 1. The van der Waals surface area contributed by atoms with Gasteiger partial charge >= 0.3 is 0 Å². The number of furan rings is 1. The van der Waals surface area contributed by atoms with E-state index in [9.17, 15) is 34.8 Å². The molecule has 1 amide bonds. The number of hydrogen-bond acceptors (Lipinski definition) is 11. The molecule has 0 radical (unpaired) electrons. The zero-order valence-corrected chi connectivity index (χ0v) is 25.1. The van der Waals surface area contributed by atoms with Gasteiger partial charge in [0.25, 0.3) is 5.91 Å². The van der Waals surface area contributed by atoms with Gasteiger partial charge in [0, 0.05) is 43.4 Å². The number of carbonyl (C=O) groups is 3. The fraction of sp³-hybridized carbons (Fsp3) is 0.452. The number of aliphatic hydroxyl groups is 3. The molecule has 0 saturated heterocycles. The van der Waals surface area contributed by atoms with Crippen LogP contribution in [0.4, 0.5) is 5.69 Å². The molecule has 230 valence electrons. The molecule has 1 fully saturated rings. The number of primary amides is 1. The molecule has 0 spiro atoms. The highest BCUT2D eigenvalue weighted by molar-refractivity contribution is 6.24. The van der Waals surface area contributed by atoms with Gasteiger partial charge in [-0.1, -0.05) is 0 Å². The van der Waals surface area contributed by atoms with Crippen LogP contribution in [0.5, 0.6) is 5.75 Å². The number of aliphatic hydroxyl groups excluding tert-OH is 2. The van der Waals surface area contributed by atoms with Crippen molar-refractivity contribution >= 4 is 28.9 Å². The molecule has 1 aromatic carbocycles. The van der Waals surface area contributed by atoms with Gasteiger partial charge in [0.05, 0.1) is 18.2 Å². The van der Waals surface area contributed by atoms with E-state index in [4.69, 9.17) is 10.2 Å². The lowest BCUT2D eigenvalue weighted by Gasteiger charge is -2.50. The minimum absolute atomic E-state index is 0.0324. The number of ketones is 2. The van der Waals surface area contributed by atoms with Gasteiger partial charge in [-0.25, -0.2) is 0 Å². The maximum Gasteiger partial charge on any atom is 0.255 e. The molecule has 1 saturated carbocycles. The molecule has 7 N–H and O–H groups in total. The molecule has 1 heterocycles. The number of nitrogens with zero attached hydrogens (tertiary/aromatic N) is 2. The first-order valence-corrected chi connectivity index (χ1v) is 14.1. The Kier molecular flexibility index (Phi) is 7.44. The quantitative estimate of drug-likeness (QED) is 0.255. The number of nitrogens with one attached hydrogen (secondary N) is 1. The summed E-state index contributed by atoms with van der Waals surface area (Å²) in [6.45, 7) is 4.43. The summed E-state index contributed by atoms with van der Waals surface area (Å²) in [5, 5.41) is 49.1. The predicted molar refractivity (Wildman–Crippen MR) is 157 cm³/mol. The van der Waals surface area contributed by atoms with E-state index in [0.717, 1.165) is 22.8 Å². The van der Waals surface area contributed by atoms with E-state index in [1.165, 1.54) is 4.90 Å². The molecule has 0 aliphatic heterocycles. The molecule has 1 aromatic heterocycles. The van der Waals surface area contributed by atoms with Crippen LogP contribution in [0.15, 0.2) is 33.5 Å². The number of anilines is 1. The number of nitrogens with two attached hydrogens (primary N) is 1. The number of Topliss-reactive ketones (excluding diaryl/α,β-unsaturated/α-hetero) is 2. The Hall–Kier alpha value is -4.13. The van der Waals surface area contributed by atoms with E-state index in [1.54, 1.807) is 14.1 Å². The van der Waals surface area contributed by atoms with Crippen LogP contribution in [0.1, 0.15) is 40.2 Å². The number of phenolic OH excluding ortho intramolecular Hbond substituents is 1. The van der Waals surface area contributed by atoms with Gasteiger partial charge < -0.3 is 40.8 Å². The van der Waals surface area contributed by atoms with Crippen molar-refractivity contribution in [3.8, 4) is 5.75 Å². The third kappa shape index (κ3) is 4.52. The first kappa shape index (κ1) is 30.3. The van der Waals surface area contributed by atoms with Gasteiger partial charge in [-0.2, -0.15) is 0 Å². The summed E-state index contributed by atoms with van der Waals surface area (Å²) in [7, 11) is 6.80. The minimum atomic E-state index is -2.68. The Balaban J connectivity index is 1.61. The first-order valence-electron chi connectivity index (χ1n) is 14.1. The van der Waals surface area contributed by atoms with Crippen LogP contribution in [0.2, 0.25) is 0 Å². The summed E-state index contributed by atoms with van der Waals surface area (Å²) in [6.07, 6.45) is 0.249. The smallest absolute Gasteiger partial charge is 0.255 e. The van der Waals surface area contributed by atoms with Gasteiger partial charge in [-0.3, -0.25) is 19.3 Å². The number of rotatable bonds is 7. The fourth-order valence-corrected chi connectivity index (χ4v) is 6.94. The second-order valence-corrected chi connectivity index (χ2v) is 12.2. The standard InChI is InChI=1S/C31H38N4O8/c1-13-7-17(43-14(13)2)12-33-11-16-10-20(34(3)4)18-8-15-9-19-24(35(5)6)27(38)23(30(32)41)29(40)31(19,42)28(39)21(15)26(37)22(18)25(16)36/h7,10,15,19,24,33,36-37,40,42H,8-9,11-12H2,1-6H3,(H2,32,41)/t15-,19-,24-,31-/m1/s1. The minimum Gasteiger partial charge on any atom is -0.508 e. The maximum absolute atomic E-state index is 14.1. The van der Waals surface area contributed by atoms with Crippen LogP contribution in [0.25, 0.3) is 5.76 Å². The van der Waals surface area contributed by atoms with E-state index in [1.807, 2.05) is 45.0 Å². The van der Waals surface area contributed by atoms with E-state index in [-0.39, 0.29) is 36.3 Å². The molecule has 0 bridgehead atoms. The SMILES string of the molecule is Cc1cc(CNCc2cc(N(C)C)c3c(c2O)C(O)=C2C(=O)[C@@]4(O)C(O)=C(C(N)=O)C(=O)[C@H](N(C)C)[C@H]4C[C@H]2C3)oc1C. The second kappa shape index (κ2) is 10.5. The molecule has 5 rings (SSSR count). The molecule has 0 unspecified atom stereocenters. The largest absolute Gasteiger partial charge is 0.508 e. The number of fused-ring (bicyclic) bond motifs is 3. The van der Waals surface area contributed by atoms with Gasteiger partial charge in [0.1, 0.15) is 34.4 Å². The van der Waals surface area contributed by atoms with Crippen LogP contribution >= 0.6 is 0 Å². The summed E-state index contributed by atoms with van der Waals surface area (Å²) in [6, 6.07) is 2.62. The Labute approximate surface area is 249 Å². The Morgan fingerprint density at radius 1 is 1.12 bits per heavy atom. The molecule has 2 aromatic rings. The third-order valence-corrected chi connectivity index (χ3v) is 9.09. The highest BCUT2D eigenvalue weighted by atomic mass is 16.4. The van der Waals surface area contributed by atoms with Gasteiger partial charge in [-0.15, -0.1) is 0 Å². The Bertz CT molecular complexity index is 1600. The maximum atomic E-state index is 14.1. The lowest BCUT2D eigenvalue weighted by Crippen LogP contribution is -2.65. The number of aryl methyl sites for hydroxylation is 2. The van der Waals surface area contributed by atoms with Crippen molar-refractivity contribution in [1.82, 2.24) is 10.2 Å². The van der Waals surface area contributed by atoms with Crippen molar-refractivity contribution in [3.05, 3.63) is 62.8 Å². The molecule has 12 nitrogen and oxygen atoms in total. The number of amides is 1. The normalized spacial score (nSPS) is 25.2. The first-order chi connectivity index (χ1) is 20.1. The second-order valence-electron chi connectivity index (χ2n) is 12.2. The van der Waals surface area contributed by atoms with Crippen molar-refractivity contribution in [2.75, 3.05) is 33.1 Å². The van der Waals surface area contributed by atoms with Crippen LogP contribution < -0.4 is 16.0 Å². The highest BCUT2D eigenvalue weighted by Gasteiger charge is 2.64. The van der Waals surface area contributed by atoms with Gasteiger partial charge in [0.2, 0.25) is 5.78 Å². The summed E-state index contributed by atoms with van der Waals surface area (Å²) >= 11 is 0. The van der Waals surface area contributed by atoms with Crippen LogP contribution in [0, 0.1) is 25.7 Å². The molecule has 3 aliphatic rings. The zero-order chi connectivity index (χ0) is 31.7. The zero-order valence-electron chi connectivity index (χ0n) is 25.1. The predicted octanol–water partition coefficient (Wildman–Crippen LogP) is 1.53. The number of hydrogen-bond donors (Lipinski definition) is 6. The monoisotopic (exact) mass is 594 g/mol. The van der Waals surface area contributed by atoms with Crippen molar-refractivity contribution in [2.24, 2.45) is 17.6 Å². The lowest BCUT2D eigenvalue weighted by atomic mass is 9.57. The lowest BCUT2D eigenvalue weighted by molar-refractivity contribution is -0.153. The number of carbonyl (C=O) groups excluding carboxylic acids is 3. The molecular formula is C31H38N4O8. The number of phenols is 1. The van der Waals surface area contributed by atoms with E-state index in [2.05, 4.69) is 5.32 Å². The topological polar surface area (TPSA) is 190 Å². The van der Waals surface area contributed by atoms with Crippen LogP contribution in [-0.4, -0.2) is 82.6 Å². The third-order valence-electron chi connectivity index (χ3n) is 9.09. The Morgan fingerprint density at radius 2 is 1.79 bits per heavy atom. The summed E-state index contributed by atoms with van der Waals surface area (Å²) in [4.78, 5) is 42.9. The molecular weight excluding hydrogens is 556 g/mol. The van der Waals surface area contributed by atoms with E-state index >= 15 is 0 Å². The molecule has 43 heavy (non-hydrogen) atoms. The molecule has 3 aliphatic carbocycles. The number of likely N-dealkylation sites (N-methyl/N-ethyl adjacent to an activating group) is 1. The van der Waals surface area contributed by atoms with Gasteiger partial charge in [-0.05, 0) is 70.0 Å². The van der Waals surface area contributed by atoms with Crippen molar-refractivity contribution in [1.29, 1.82) is 0 Å². The summed E-state index contributed by atoms with van der Waals surface area (Å²) in [5.74, 6) is -5.16.